The molecule has 1 atom stereocenters. The van der Waals surface area contributed by atoms with E-state index in [1.165, 1.54) is 12.1 Å². The summed E-state index contributed by atoms with van der Waals surface area (Å²) in [5.74, 6) is -0.313. The molecule has 0 saturated carbocycles. The Bertz CT molecular complexity index is 647. The van der Waals surface area contributed by atoms with Gasteiger partial charge in [-0.2, -0.15) is 0 Å². The molecular weight excluding hydrogens is 271 g/mol. The molecule has 0 saturated heterocycles. The lowest BCUT2D eigenvalue weighted by atomic mass is 9.73. The van der Waals surface area contributed by atoms with Gasteiger partial charge in [0.25, 0.3) is 0 Å². The average molecular weight is 288 g/mol. The maximum Gasteiger partial charge on any atom is 0.319 e. The molecule has 0 spiro atoms. The van der Waals surface area contributed by atoms with E-state index in [4.69, 9.17) is 0 Å². The number of halogens is 1. The molecule has 1 unspecified atom stereocenters. The molecule has 4 nitrogen and oxygen atoms in total. The second-order valence-electron chi connectivity index (χ2n) is 6.42. The first-order valence-electron chi connectivity index (χ1n) is 6.95. The molecule has 1 heterocycles. The lowest BCUT2D eigenvalue weighted by Gasteiger charge is -2.38. The number of benzene rings is 1. The van der Waals surface area contributed by atoms with E-state index >= 15 is 0 Å². The smallest absolute Gasteiger partial charge is 0.319 e. The fraction of sp³-hybridized carbons (Fsp3) is 0.375. The molecule has 21 heavy (non-hydrogen) atoms. The van der Waals surface area contributed by atoms with Crippen LogP contribution in [0.15, 0.2) is 35.5 Å². The third-order valence-corrected chi connectivity index (χ3v) is 3.95. The first-order valence-corrected chi connectivity index (χ1v) is 6.95. The lowest BCUT2D eigenvalue weighted by Crippen LogP contribution is -2.48. The molecule has 1 aromatic rings. The summed E-state index contributed by atoms with van der Waals surface area (Å²) >= 11 is 0. The van der Waals surface area contributed by atoms with Crippen LogP contribution in [0.3, 0.4) is 0 Å². The molecule has 3 rings (SSSR count). The van der Waals surface area contributed by atoms with Gasteiger partial charge in [0.05, 0.1) is 6.04 Å². The first kappa shape index (κ1) is 13.8. The predicted molar refractivity (Wildman–Crippen MR) is 75.9 cm³/mol. The number of hydrogen-bond donors (Lipinski definition) is 2. The van der Waals surface area contributed by atoms with Gasteiger partial charge < -0.3 is 10.6 Å². The van der Waals surface area contributed by atoms with Crippen molar-refractivity contribution in [2.24, 2.45) is 5.41 Å². The number of amides is 2. The quantitative estimate of drug-likeness (QED) is 0.835. The molecule has 1 aliphatic heterocycles. The van der Waals surface area contributed by atoms with Crippen LogP contribution in [0.5, 0.6) is 0 Å². The number of allylic oxidation sites excluding steroid dienone is 1. The summed E-state index contributed by atoms with van der Waals surface area (Å²) < 4.78 is 13.1. The van der Waals surface area contributed by atoms with E-state index in [2.05, 4.69) is 10.6 Å². The van der Waals surface area contributed by atoms with Crippen molar-refractivity contribution in [2.45, 2.75) is 32.7 Å². The number of nitrogens with one attached hydrogen (secondary N) is 2. The van der Waals surface area contributed by atoms with Crippen molar-refractivity contribution in [1.29, 1.82) is 0 Å². The van der Waals surface area contributed by atoms with E-state index in [9.17, 15) is 14.0 Å². The summed E-state index contributed by atoms with van der Waals surface area (Å²) in [4.78, 5) is 24.3. The zero-order valence-corrected chi connectivity index (χ0v) is 12.0. The molecule has 2 amide bonds. The Morgan fingerprint density at radius 2 is 1.81 bits per heavy atom. The number of Topliss-reactive ketones (excluding diaryl/α,β-unsaturated/α-hetero) is 1. The van der Waals surface area contributed by atoms with Gasteiger partial charge in [0, 0.05) is 17.7 Å². The summed E-state index contributed by atoms with van der Waals surface area (Å²) in [5, 5.41) is 5.51. The molecule has 0 fully saturated rings. The standard InChI is InChI=1S/C16H17FN2O2/c1-16(2)7-11-13(12(20)8-16)14(19-15(21)18-11)9-3-5-10(17)6-4-9/h3-6,14H,7-8H2,1-2H3,(H2,18,19,21). The third-order valence-electron chi connectivity index (χ3n) is 3.95. The van der Waals surface area contributed by atoms with Gasteiger partial charge in [0.15, 0.2) is 5.78 Å². The van der Waals surface area contributed by atoms with Crippen molar-refractivity contribution in [1.82, 2.24) is 10.6 Å². The fourth-order valence-electron chi connectivity index (χ4n) is 3.06. The van der Waals surface area contributed by atoms with Crippen LogP contribution in [-0.4, -0.2) is 11.8 Å². The van der Waals surface area contributed by atoms with Crippen molar-refractivity contribution >= 4 is 11.8 Å². The monoisotopic (exact) mass is 288 g/mol. The van der Waals surface area contributed by atoms with Crippen molar-refractivity contribution in [3.05, 3.63) is 46.9 Å². The van der Waals surface area contributed by atoms with Gasteiger partial charge in [-0.05, 0) is 29.5 Å². The highest BCUT2D eigenvalue weighted by molar-refractivity contribution is 6.01. The van der Waals surface area contributed by atoms with Crippen LogP contribution in [0.4, 0.5) is 9.18 Å². The minimum Gasteiger partial charge on any atom is -0.327 e. The summed E-state index contributed by atoms with van der Waals surface area (Å²) in [7, 11) is 0. The molecular formula is C16H17FN2O2. The highest BCUT2D eigenvalue weighted by atomic mass is 19.1. The van der Waals surface area contributed by atoms with Crippen molar-refractivity contribution in [3.8, 4) is 0 Å². The molecule has 5 heteroatoms. The summed E-state index contributed by atoms with van der Waals surface area (Å²) in [5.41, 5.74) is 1.84. The third kappa shape index (κ3) is 2.55. The van der Waals surface area contributed by atoms with Crippen molar-refractivity contribution in [3.63, 3.8) is 0 Å². The van der Waals surface area contributed by atoms with Gasteiger partial charge in [-0.3, -0.25) is 4.79 Å². The zero-order chi connectivity index (χ0) is 15.2. The van der Waals surface area contributed by atoms with E-state index in [1.807, 2.05) is 13.8 Å². The van der Waals surface area contributed by atoms with Gasteiger partial charge in [0.1, 0.15) is 5.82 Å². The Kier molecular flexibility index (Phi) is 3.08. The van der Waals surface area contributed by atoms with Gasteiger partial charge >= 0.3 is 6.03 Å². The van der Waals surface area contributed by atoms with Gasteiger partial charge in [-0.15, -0.1) is 0 Å². The van der Waals surface area contributed by atoms with Gasteiger partial charge in [-0.25, -0.2) is 9.18 Å². The van der Waals surface area contributed by atoms with E-state index in [0.29, 0.717) is 29.7 Å². The highest BCUT2D eigenvalue weighted by Crippen LogP contribution is 2.41. The topological polar surface area (TPSA) is 58.2 Å². The molecule has 0 aromatic heterocycles. The van der Waals surface area contributed by atoms with Crippen LogP contribution < -0.4 is 10.6 Å². The molecule has 1 aliphatic carbocycles. The first-order chi connectivity index (χ1) is 9.85. The van der Waals surface area contributed by atoms with Crippen LogP contribution in [0.25, 0.3) is 0 Å². The number of carbonyl (C=O) groups is 2. The lowest BCUT2D eigenvalue weighted by molar-refractivity contribution is -0.118. The van der Waals surface area contributed by atoms with Gasteiger partial charge in [-0.1, -0.05) is 26.0 Å². The number of urea groups is 1. The zero-order valence-electron chi connectivity index (χ0n) is 12.0. The van der Waals surface area contributed by atoms with Crippen molar-refractivity contribution in [2.75, 3.05) is 0 Å². The minimum atomic E-state index is -0.502. The van der Waals surface area contributed by atoms with Crippen LogP contribution in [0, 0.1) is 11.2 Å². The van der Waals surface area contributed by atoms with Crippen LogP contribution in [0.1, 0.15) is 38.3 Å². The SMILES string of the molecule is CC1(C)CC(=O)C2=C(C1)NC(=O)NC2c1ccc(F)cc1. The number of ketones is 1. The normalized spacial score (nSPS) is 24.2. The second kappa shape index (κ2) is 4.69. The largest absolute Gasteiger partial charge is 0.327 e. The fourth-order valence-corrected chi connectivity index (χ4v) is 3.06. The minimum absolute atomic E-state index is 0.0306. The molecule has 0 bridgehead atoms. The molecule has 110 valence electrons. The highest BCUT2D eigenvalue weighted by Gasteiger charge is 2.40. The van der Waals surface area contributed by atoms with E-state index < -0.39 is 6.04 Å². The molecule has 2 N–H and O–H groups in total. The maximum atomic E-state index is 13.1. The average Bonchev–Trinajstić information content (AvgIpc) is 2.36. The van der Waals surface area contributed by atoms with Crippen LogP contribution in [-0.2, 0) is 4.79 Å². The second-order valence-corrected chi connectivity index (χ2v) is 6.42. The predicted octanol–water partition coefficient (Wildman–Crippen LogP) is 2.82. The number of carbonyl (C=O) groups excluding carboxylic acids is 2. The maximum absolute atomic E-state index is 13.1. The summed E-state index contributed by atoms with van der Waals surface area (Å²) in [6.45, 7) is 4.02. The Morgan fingerprint density at radius 1 is 1.14 bits per heavy atom. The Labute approximate surface area is 122 Å². The van der Waals surface area contributed by atoms with E-state index in [-0.39, 0.29) is 23.0 Å². The number of rotatable bonds is 1. The molecule has 1 aromatic carbocycles. The summed E-state index contributed by atoms with van der Waals surface area (Å²) in [6.07, 6.45) is 1.10. The van der Waals surface area contributed by atoms with E-state index in [0.717, 1.165) is 0 Å². The molecule has 0 radical (unpaired) electrons. The van der Waals surface area contributed by atoms with Gasteiger partial charge in [0.2, 0.25) is 0 Å². The van der Waals surface area contributed by atoms with Crippen LogP contribution in [0.2, 0.25) is 0 Å². The Morgan fingerprint density at radius 3 is 2.48 bits per heavy atom. The van der Waals surface area contributed by atoms with Crippen LogP contribution >= 0.6 is 0 Å². The van der Waals surface area contributed by atoms with E-state index in [1.54, 1.807) is 12.1 Å². The molecule has 2 aliphatic rings. The Hall–Kier alpha value is -2.17. The number of hydrogen-bond acceptors (Lipinski definition) is 2. The van der Waals surface area contributed by atoms with Crippen molar-refractivity contribution < 1.29 is 14.0 Å². The Balaban J connectivity index is 2.06. The summed E-state index contributed by atoms with van der Waals surface area (Å²) in [6, 6.07) is 5.04.